The summed E-state index contributed by atoms with van der Waals surface area (Å²) in [5.41, 5.74) is 1.60. The number of hydrogen-bond acceptors (Lipinski definition) is 8. The highest BCUT2D eigenvalue weighted by molar-refractivity contribution is 5.87. The van der Waals surface area contributed by atoms with Crippen molar-refractivity contribution in [2.75, 3.05) is 17.3 Å². The van der Waals surface area contributed by atoms with E-state index < -0.39 is 5.76 Å². The number of H-pyrrole nitrogens is 1. The van der Waals surface area contributed by atoms with Crippen LogP contribution in [0.25, 0.3) is 22.8 Å². The fourth-order valence-corrected chi connectivity index (χ4v) is 6.67. The summed E-state index contributed by atoms with van der Waals surface area (Å²) < 4.78 is 7.18. The summed E-state index contributed by atoms with van der Waals surface area (Å²) in [4.78, 5) is 31.6. The Kier molecular flexibility index (Phi) is 7.14. The monoisotopic (exact) mass is 522 g/mol. The molecule has 2 N–H and O–H groups in total. The second kappa shape index (κ2) is 10.7. The van der Waals surface area contributed by atoms with Crippen LogP contribution in [0.4, 0.5) is 11.8 Å². The molecule has 38 heavy (non-hydrogen) atoms. The first-order valence-corrected chi connectivity index (χ1v) is 14.8. The van der Waals surface area contributed by atoms with Crippen LogP contribution in [-0.2, 0) is 6.54 Å². The molecule has 6 rings (SSSR count). The van der Waals surface area contributed by atoms with Crippen LogP contribution in [0, 0.1) is 17.8 Å². The van der Waals surface area contributed by atoms with Crippen molar-refractivity contribution in [1.29, 1.82) is 0 Å². The summed E-state index contributed by atoms with van der Waals surface area (Å²) in [6.45, 7) is 5.54. The predicted octanol–water partition coefficient (Wildman–Crippen LogP) is 5.37. The van der Waals surface area contributed by atoms with E-state index in [1.54, 1.807) is 0 Å². The van der Waals surface area contributed by atoms with Crippen molar-refractivity contribution in [2.45, 2.75) is 110 Å². The zero-order valence-electron chi connectivity index (χ0n) is 23.1. The number of anilines is 2. The van der Waals surface area contributed by atoms with Crippen molar-refractivity contribution in [3.63, 3.8) is 0 Å². The van der Waals surface area contributed by atoms with Crippen LogP contribution >= 0.6 is 0 Å². The van der Waals surface area contributed by atoms with E-state index in [0.29, 0.717) is 29.3 Å². The van der Waals surface area contributed by atoms with Gasteiger partial charge in [0, 0.05) is 25.7 Å². The molecule has 206 valence electrons. The van der Waals surface area contributed by atoms with Crippen molar-refractivity contribution >= 4 is 22.9 Å². The van der Waals surface area contributed by atoms with Crippen LogP contribution in [0.15, 0.2) is 9.32 Å². The molecule has 0 saturated heterocycles. The molecule has 3 heterocycles. The molecule has 3 aromatic rings. The summed E-state index contributed by atoms with van der Waals surface area (Å²) >= 11 is 0. The van der Waals surface area contributed by atoms with Gasteiger partial charge in [0.15, 0.2) is 11.5 Å². The first-order chi connectivity index (χ1) is 18.5. The third kappa shape index (κ3) is 5.06. The van der Waals surface area contributed by atoms with E-state index >= 15 is 0 Å². The Morgan fingerprint density at radius 2 is 1.79 bits per heavy atom. The molecular formula is C28H42N8O2. The van der Waals surface area contributed by atoms with E-state index in [2.05, 4.69) is 45.8 Å². The lowest BCUT2D eigenvalue weighted by atomic mass is 9.80. The largest absolute Gasteiger partial charge is 0.439 e. The molecule has 3 aromatic heterocycles. The van der Waals surface area contributed by atoms with Gasteiger partial charge in [-0.3, -0.25) is 9.51 Å². The van der Waals surface area contributed by atoms with E-state index in [0.717, 1.165) is 29.7 Å². The van der Waals surface area contributed by atoms with Crippen molar-refractivity contribution in [2.24, 2.45) is 17.8 Å². The Balaban J connectivity index is 1.46. The molecule has 10 nitrogen and oxygen atoms in total. The molecule has 0 aromatic carbocycles. The molecule has 1 atom stereocenters. The Morgan fingerprint density at radius 3 is 2.45 bits per heavy atom. The highest BCUT2D eigenvalue weighted by Crippen LogP contribution is 2.37. The number of hydrogen-bond donors (Lipinski definition) is 2. The molecule has 3 saturated carbocycles. The highest BCUT2D eigenvalue weighted by Gasteiger charge is 2.30. The van der Waals surface area contributed by atoms with Gasteiger partial charge in [0.1, 0.15) is 5.52 Å². The van der Waals surface area contributed by atoms with Gasteiger partial charge < -0.3 is 14.8 Å². The van der Waals surface area contributed by atoms with Gasteiger partial charge in [-0.05, 0) is 63.2 Å². The maximum absolute atomic E-state index is 11.7. The molecule has 0 aliphatic heterocycles. The predicted molar refractivity (Wildman–Crippen MR) is 148 cm³/mol. The Bertz CT molecular complexity index is 1290. The second-order valence-corrected chi connectivity index (χ2v) is 12.2. The van der Waals surface area contributed by atoms with Crippen molar-refractivity contribution in [1.82, 2.24) is 29.7 Å². The molecule has 3 aliphatic rings. The Hall–Kier alpha value is -2.91. The maximum atomic E-state index is 11.7. The maximum Gasteiger partial charge on any atom is 0.439 e. The third-order valence-corrected chi connectivity index (χ3v) is 9.47. The van der Waals surface area contributed by atoms with Gasteiger partial charge in [-0.15, -0.1) is 0 Å². The van der Waals surface area contributed by atoms with Crippen LogP contribution in [0.2, 0.25) is 0 Å². The fourth-order valence-electron chi connectivity index (χ4n) is 6.67. The minimum Gasteiger partial charge on any atom is -0.365 e. The molecule has 3 aliphatic carbocycles. The van der Waals surface area contributed by atoms with Gasteiger partial charge >= 0.3 is 5.76 Å². The number of fused-ring (bicyclic) bond motifs is 1. The summed E-state index contributed by atoms with van der Waals surface area (Å²) in [7, 11) is 2.20. The summed E-state index contributed by atoms with van der Waals surface area (Å²) in [5, 5.41) is 7.61. The third-order valence-electron chi connectivity index (χ3n) is 9.47. The number of nitrogens with one attached hydrogen (secondary N) is 2. The average molecular weight is 523 g/mol. The lowest BCUT2D eigenvalue weighted by Gasteiger charge is -2.34. The van der Waals surface area contributed by atoms with E-state index in [-0.39, 0.29) is 11.9 Å². The van der Waals surface area contributed by atoms with E-state index in [4.69, 9.17) is 19.5 Å². The average Bonchev–Trinajstić information content (AvgIpc) is 3.48. The van der Waals surface area contributed by atoms with Crippen LogP contribution < -0.4 is 16.0 Å². The quantitative estimate of drug-likeness (QED) is 0.406. The van der Waals surface area contributed by atoms with Crippen molar-refractivity contribution < 1.29 is 4.52 Å². The zero-order chi connectivity index (χ0) is 26.2. The Labute approximate surface area is 224 Å². The molecule has 0 amide bonds. The van der Waals surface area contributed by atoms with Crippen LogP contribution in [0.1, 0.15) is 90.9 Å². The summed E-state index contributed by atoms with van der Waals surface area (Å²) in [6.07, 6.45) is 15.1. The van der Waals surface area contributed by atoms with Crippen LogP contribution in [0.3, 0.4) is 0 Å². The minimum atomic E-state index is -0.615. The van der Waals surface area contributed by atoms with Crippen molar-refractivity contribution in [3.05, 3.63) is 10.6 Å². The topological polar surface area (TPSA) is 118 Å². The molecule has 3 fully saturated rings. The minimum absolute atomic E-state index is 0.231. The zero-order valence-corrected chi connectivity index (χ0v) is 23.1. The van der Waals surface area contributed by atoms with Gasteiger partial charge in [-0.25, -0.2) is 14.8 Å². The summed E-state index contributed by atoms with van der Waals surface area (Å²) in [6, 6.07) is 0.764. The first kappa shape index (κ1) is 25.4. The van der Waals surface area contributed by atoms with Gasteiger partial charge in [-0.1, -0.05) is 50.6 Å². The van der Waals surface area contributed by atoms with E-state index in [1.165, 1.54) is 77.0 Å². The Morgan fingerprint density at radius 1 is 1.03 bits per heavy atom. The fraction of sp³-hybridized carbons (Fsp3) is 0.750. The second-order valence-electron chi connectivity index (χ2n) is 12.2. The standard InChI is InChI=1S/C28H42N8O2/c1-17-12-14-19(15-13-17)16-36-22-23(29-18(2)20-8-7-9-20)30-25(26-33-28(37)38-34-26)31-24(22)32-27(36)35(3)21-10-5-4-6-11-21/h17-21H,4-16H2,1-3H3,(H,29,30,31)(H,33,34,37)/t17-,18-,19-/m1/s1. The number of rotatable bonds is 8. The molecule has 10 heteroatoms. The SMILES string of the molecule is C[C@@H](Nc1nc(-c2noc(=O)[nH]2)nc2nc(N(C)C3CCCCC3)n(C[C@H]3CC[C@H](C)CC3)c12)C1CCC1. The molecule has 0 unspecified atom stereocenters. The summed E-state index contributed by atoms with van der Waals surface area (Å²) in [5.74, 6) is 3.76. The highest BCUT2D eigenvalue weighted by atomic mass is 16.5. The molecular weight excluding hydrogens is 480 g/mol. The molecule has 0 radical (unpaired) electrons. The first-order valence-electron chi connectivity index (χ1n) is 14.8. The molecule has 0 spiro atoms. The number of nitrogens with zero attached hydrogens (tertiary/aromatic N) is 6. The van der Waals surface area contributed by atoms with Gasteiger partial charge in [0.05, 0.1) is 0 Å². The van der Waals surface area contributed by atoms with Crippen molar-refractivity contribution in [3.8, 4) is 11.6 Å². The lowest BCUT2D eigenvalue weighted by Crippen LogP contribution is -2.36. The van der Waals surface area contributed by atoms with E-state index in [1.807, 2.05) is 0 Å². The molecule has 0 bridgehead atoms. The van der Waals surface area contributed by atoms with Crippen LogP contribution in [0.5, 0.6) is 0 Å². The van der Waals surface area contributed by atoms with E-state index in [9.17, 15) is 4.79 Å². The smallest absolute Gasteiger partial charge is 0.365 e. The van der Waals surface area contributed by atoms with Gasteiger partial charge in [0.25, 0.3) is 0 Å². The van der Waals surface area contributed by atoms with Crippen LogP contribution in [-0.4, -0.2) is 48.8 Å². The van der Waals surface area contributed by atoms with Gasteiger partial charge in [-0.2, -0.15) is 4.98 Å². The number of imidazole rings is 1. The van der Waals surface area contributed by atoms with Gasteiger partial charge in [0.2, 0.25) is 17.6 Å². The lowest BCUT2D eigenvalue weighted by molar-refractivity contribution is 0.266. The number of aromatic nitrogens is 6. The normalized spacial score (nSPS) is 23.9. The number of aromatic amines is 1.